The van der Waals surface area contributed by atoms with Crippen molar-refractivity contribution in [1.29, 1.82) is 0 Å². The Balaban J connectivity index is 2.09. The molecule has 0 aliphatic carbocycles. The minimum absolute atomic E-state index is 0.228. The molecule has 3 aromatic rings. The molecule has 0 unspecified atom stereocenters. The van der Waals surface area contributed by atoms with Crippen LogP contribution < -0.4 is 10.1 Å². The van der Waals surface area contributed by atoms with Gasteiger partial charge in [-0.2, -0.15) is 4.98 Å². The highest BCUT2D eigenvalue weighted by molar-refractivity contribution is 9.10. The van der Waals surface area contributed by atoms with Crippen molar-refractivity contribution in [2.45, 2.75) is 6.92 Å². The lowest BCUT2D eigenvalue weighted by molar-refractivity contribution is 0.415. The van der Waals surface area contributed by atoms with E-state index in [9.17, 15) is 0 Å². The van der Waals surface area contributed by atoms with Crippen molar-refractivity contribution < 1.29 is 4.74 Å². The number of nitrogens with zero attached hydrogens (tertiary/aromatic N) is 2. The van der Waals surface area contributed by atoms with Gasteiger partial charge in [-0.15, -0.1) is 11.3 Å². The molecule has 0 spiro atoms. The number of hydrogen-bond donors (Lipinski definition) is 1. The average molecular weight is 385 g/mol. The number of fused-ring (bicyclic) bond motifs is 1. The summed E-state index contributed by atoms with van der Waals surface area (Å²) in [6.45, 7) is 2.03. The van der Waals surface area contributed by atoms with E-state index in [1.165, 1.54) is 0 Å². The van der Waals surface area contributed by atoms with Crippen LogP contribution in [0.4, 0.5) is 11.5 Å². The third-order valence-electron chi connectivity index (χ3n) is 2.92. The van der Waals surface area contributed by atoms with Crippen molar-refractivity contribution in [2.24, 2.45) is 0 Å². The molecule has 0 fully saturated rings. The number of rotatable bonds is 3. The zero-order chi connectivity index (χ0) is 15.0. The van der Waals surface area contributed by atoms with Crippen LogP contribution in [-0.2, 0) is 0 Å². The van der Waals surface area contributed by atoms with Gasteiger partial charge in [0.15, 0.2) is 0 Å². The molecular formula is C14H11BrClN3OS. The molecule has 108 valence electrons. The molecule has 7 heteroatoms. The summed E-state index contributed by atoms with van der Waals surface area (Å²) in [4.78, 5) is 10.6. The molecule has 0 aliphatic heterocycles. The SMILES string of the molecule is COc1ccc(Br)c(Nc2nc(Cl)nc3sc(C)cc23)c1. The molecule has 0 amide bonds. The zero-order valence-corrected chi connectivity index (χ0v) is 14.4. The Morgan fingerprint density at radius 2 is 2.10 bits per heavy atom. The first-order valence-electron chi connectivity index (χ1n) is 6.11. The molecule has 2 heterocycles. The van der Waals surface area contributed by atoms with Gasteiger partial charge in [0, 0.05) is 15.4 Å². The lowest BCUT2D eigenvalue weighted by Gasteiger charge is -2.10. The van der Waals surface area contributed by atoms with Crippen LogP contribution in [0.25, 0.3) is 10.2 Å². The minimum Gasteiger partial charge on any atom is -0.497 e. The van der Waals surface area contributed by atoms with Crippen LogP contribution >= 0.6 is 38.9 Å². The average Bonchev–Trinajstić information content (AvgIpc) is 2.81. The molecule has 21 heavy (non-hydrogen) atoms. The third-order valence-corrected chi connectivity index (χ3v) is 4.72. The van der Waals surface area contributed by atoms with Crippen LogP contribution in [0.3, 0.4) is 0 Å². The van der Waals surface area contributed by atoms with Crippen molar-refractivity contribution >= 4 is 60.6 Å². The van der Waals surface area contributed by atoms with Crippen molar-refractivity contribution in [3.8, 4) is 5.75 Å². The number of hydrogen-bond acceptors (Lipinski definition) is 5. The first-order chi connectivity index (χ1) is 10.1. The Kier molecular flexibility index (Phi) is 4.01. The second kappa shape index (κ2) is 5.79. The smallest absolute Gasteiger partial charge is 0.225 e. The molecule has 2 aromatic heterocycles. The highest BCUT2D eigenvalue weighted by Gasteiger charge is 2.11. The van der Waals surface area contributed by atoms with Gasteiger partial charge in [-0.1, -0.05) is 0 Å². The summed E-state index contributed by atoms with van der Waals surface area (Å²) in [5.41, 5.74) is 0.856. The molecule has 0 bridgehead atoms. The van der Waals surface area contributed by atoms with Crippen LogP contribution in [0.15, 0.2) is 28.7 Å². The monoisotopic (exact) mass is 383 g/mol. The number of anilines is 2. The molecular weight excluding hydrogens is 374 g/mol. The van der Waals surface area contributed by atoms with Gasteiger partial charge in [0.1, 0.15) is 16.4 Å². The largest absolute Gasteiger partial charge is 0.497 e. The van der Waals surface area contributed by atoms with E-state index in [0.717, 1.165) is 31.0 Å². The van der Waals surface area contributed by atoms with Crippen molar-refractivity contribution in [3.63, 3.8) is 0 Å². The second-order valence-corrected chi connectivity index (χ2v) is 6.82. The van der Waals surface area contributed by atoms with E-state index in [2.05, 4.69) is 31.2 Å². The number of benzene rings is 1. The Hall–Kier alpha value is -1.37. The van der Waals surface area contributed by atoms with Gasteiger partial charge in [0.25, 0.3) is 0 Å². The lowest BCUT2D eigenvalue weighted by atomic mass is 10.3. The summed E-state index contributed by atoms with van der Waals surface area (Å²) >= 11 is 11.1. The van der Waals surface area contributed by atoms with E-state index in [0.29, 0.717) is 5.82 Å². The minimum atomic E-state index is 0.228. The van der Waals surface area contributed by atoms with E-state index in [4.69, 9.17) is 16.3 Å². The molecule has 0 atom stereocenters. The van der Waals surface area contributed by atoms with E-state index in [1.54, 1.807) is 18.4 Å². The number of thiophene rings is 1. The van der Waals surface area contributed by atoms with Gasteiger partial charge >= 0.3 is 0 Å². The van der Waals surface area contributed by atoms with E-state index in [-0.39, 0.29) is 5.28 Å². The van der Waals surface area contributed by atoms with Crippen LogP contribution in [0.2, 0.25) is 5.28 Å². The molecule has 1 aromatic carbocycles. The predicted molar refractivity (Wildman–Crippen MR) is 91.1 cm³/mol. The number of aromatic nitrogens is 2. The number of nitrogens with one attached hydrogen (secondary N) is 1. The van der Waals surface area contributed by atoms with Crippen molar-refractivity contribution in [3.05, 3.63) is 38.9 Å². The lowest BCUT2D eigenvalue weighted by Crippen LogP contribution is -1.97. The van der Waals surface area contributed by atoms with Crippen molar-refractivity contribution in [1.82, 2.24) is 9.97 Å². The van der Waals surface area contributed by atoms with Crippen LogP contribution in [0.5, 0.6) is 5.75 Å². The maximum absolute atomic E-state index is 6.01. The van der Waals surface area contributed by atoms with Crippen molar-refractivity contribution in [2.75, 3.05) is 12.4 Å². The number of halogens is 2. The summed E-state index contributed by atoms with van der Waals surface area (Å²) in [6.07, 6.45) is 0. The summed E-state index contributed by atoms with van der Waals surface area (Å²) in [6, 6.07) is 7.74. The number of methoxy groups -OCH3 is 1. The van der Waals surface area contributed by atoms with Crippen LogP contribution in [-0.4, -0.2) is 17.1 Å². The fourth-order valence-electron chi connectivity index (χ4n) is 1.97. The Labute approximate surface area is 139 Å². The first-order valence-corrected chi connectivity index (χ1v) is 8.10. The standard InChI is InChI=1S/C14H11BrClN3OS/c1-7-5-9-12(18-14(16)19-13(9)21-7)17-11-6-8(20-2)3-4-10(11)15/h3-6H,1-2H3,(H,17,18,19). The predicted octanol–water partition coefficient (Wildman–Crippen LogP) is 5.17. The van der Waals surface area contributed by atoms with E-state index < -0.39 is 0 Å². The summed E-state index contributed by atoms with van der Waals surface area (Å²) < 4.78 is 6.16. The van der Waals surface area contributed by atoms with E-state index >= 15 is 0 Å². The van der Waals surface area contributed by atoms with Crippen LogP contribution in [0, 0.1) is 6.92 Å². The Morgan fingerprint density at radius 3 is 2.86 bits per heavy atom. The van der Waals surface area contributed by atoms with Gasteiger partial charge in [0.05, 0.1) is 18.2 Å². The Bertz CT molecular complexity index is 821. The topological polar surface area (TPSA) is 47.0 Å². The number of aryl methyl sites for hydroxylation is 1. The summed E-state index contributed by atoms with van der Waals surface area (Å²) in [5.74, 6) is 1.45. The summed E-state index contributed by atoms with van der Waals surface area (Å²) in [7, 11) is 1.63. The van der Waals surface area contributed by atoms with Gasteiger partial charge < -0.3 is 10.1 Å². The Morgan fingerprint density at radius 1 is 1.29 bits per heavy atom. The molecule has 0 radical (unpaired) electrons. The highest BCUT2D eigenvalue weighted by atomic mass is 79.9. The maximum atomic E-state index is 6.01. The molecule has 1 N–H and O–H groups in total. The van der Waals surface area contributed by atoms with Gasteiger partial charge in [-0.25, -0.2) is 4.98 Å². The van der Waals surface area contributed by atoms with E-state index in [1.807, 2.05) is 31.2 Å². The molecule has 4 nitrogen and oxygen atoms in total. The third kappa shape index (κ3) is 2.97. The van der Waals surface area contributed by atoms with Gasteiger partial charge in [-0.3, -0.25) is 0 Å². The second-order valence-electron chi connectivity index (χ2n) is 4.39. The normalized spacial score (nSPS) is 10.9. The quantitative estimate of drug-likeness (QED) is 0.633. The molecule has 3 rings (SSSR count). The zero-order valence-electron chi connectivity index (χ0n) is 11.3. The number of ether oxygens (including phenoxy) is 1. The van der Waals surface area contributed by atoms with Gasteiger partial charge in [-0.05, 0) is 52.7 Å². The first kappa shape index (κ1) is 14.6. The van der Waals surface area contributed by atoms with Gasteiger partial charge in [0.2, 0.25) is 5.28 Å². The molecule has 0 saturated carbocycles. The molecule has 0 aliphatic rings. The molecule has 0 saturated heterocycles. The fourth-order valence-corrected chi connectivity index (χ4v) is 3.41. The fraction of sp³-hybridized carbons (Fsp3) is 0.143. The summed E-state index contributed by atoms with van der Waals surface area (Å²) in [5, 5.41) is 4.47. The van der Waals surface area contributed by atoms with Crippen LogP contribution in [0.1, 0.15) is 4.88 Å². The highest BCUT2D eigenvalue weighted by Crippen LogP contribution is 2.34. The maximum Gasteiger partial charge on any atom is 0.225 e.